The molecule has 5 rings (SSSR count). The largest absolute Gasteiger partial charge is 0.346 e. The van der Waals surface area contributed by atoms with Crippen molar-refractivity contribution in [3.63, 3.8) is 0 Å². The van der Waals surface area contributed by atoms with Gasteiger partial charge in [0.2, 0.25) is 0 Å². The number of rotatable bonds is 4. The van der Waals surface area contributed by atoms with Gasteiger partial charge in [0.05, 0.1) is 19.6 Å². The van der Waals surface area contributed by atoms with Gasteiger partial charge >= 0.3 is 6.03 Å². The first-order chi connectivity index (χ1) is 15.4. The molecule has 0 radical (unpaired) electrons. The summed E-state index contributed by atoms with van der Waals surface area (Å²) in [4.78, 5) is 19.9. The summed E-state index contributed by atoms with van der Waals surface area (Å²) in [5, 5.41) is 7.14. The lowest BCUT2D eigenvalue weighted by atomic mass is 10.2. The number of carbonyl (C=O) groups excluding carboxylic acids is 1. The normalized spacial score (nSPS) is 12.6. The number of benzene rings is 2. The van der Waals surface area contributed by atoms with Crippen molar-refractivity contribution in [1.82, 2.24) is 14.5 Å². The van der Waals surface area contributed by atoms with Gasteiger partial charge in [0.15, 0.2) is 0 Å². The van der Waals surface area contributed by atoms with E-state index in [4.69, 9.17) is 2.74 Å². The van der Waals surface area contributed by atoms with E-state index in [1.54, 1.807) is 53.5 Å². The third-order valence-corrected chi connectivity index (χ3v) is 5.50. The molecule has 0 saturated carbocycles. The second-order valence-electron chi connectivity index (χ2n) is 6.69. The molecule has 0 fully saturated rings. The van der Waals surface area contributed by atoms with Crippen LogP contribution in [0.15, 0.2) is 83.7 Å². The number of pyridine rings is 1. The molecule has 3 heterocycles. The Hall–Kier alpha value is -3.58. The molecule has 3 N–H and O–H groups in total. The van der Waals surface area contributed by atoms with Gasteiger partial charge in [-0.1, -0.05) is 18.2 Å². The van der Waals surface area contributed by atoms with E-state index >= 15 is 0 Å². The summed E-state index contributed by atoms with van der Waals surface area (Å²) in [5.41, 5.74) is 3.04. The monoisotopic (exact) mass is 461 g/mol. The minimum atomic E-state index is -1.83. The van der Waals surface area contributed by atoms with Gasteiger partial charge in [0, 0.05) is 40.3 Å². The fourth-order valence-electron chi connectivity index (χ4n) is 3.40. The predicted octanol–water partition coefficient (Wildman–Crippen LogP) is 5.97. The SMILES string of the molecule is [2H]C([2H])(c1ccnc2[nH]ccc12)n1ccc2c(NC(=O)Nc3ccccc3Br)cccc21. The number of halogens is 1. The van der Waals surface area contributed by atoms with E-state index in [9.17, 15) is 4.79 Å². The van der Waals surface area contributed by atoms with Crippen molar-refractivity contribution in [3.8, 4) is 0 Å². The molecule has 3 aromatic heterocycles. The van der Waals surface area contributed by atoms with Gasteiger partial charge in [0.1, 0.15) is 5.65 Å². The fraction of sp³-hybridized carbons (Fsp3) is 0.0435. The van der Waals surface area contributed by atoms with Gasteiger partial charge in [-0.3, -0.25) is 0 Å². The Morgan fingerprint density at radius 1 is 1.03 bits per heavy atom. The molecular formula is C23H18BrN5O. The molecule has 148 valence electrons. The molecule has 0 atom stereocenters. The highest BCUT2D eigenvalue weighted by Crippen LogP contribution is 2.27. The number of nitrogens with one attached hydrogen (secondary N) is 3. The van der Waals surface area contributed by atoms with Crippen LogP contribution >= 0.6 is 15.9 Å². The summed E-state index contributed by atoms with van der Waals surface area (Å²) < 4.78 is 20.1. The number of hydrogen-bond acceptors (Lipinski definition) is 2. The van der Waals surface area contributed by atoms with Crippen LogP contribution in [0, 0.1) is 0 Å². The highest BCUT2D eigenvalue weighted by molar-refractivity contribution is 9.10. The first-order valence-corrected chi connectivity index (χ1v) is 10.1. The average Bonchev–Trinajstić information content (AvgIpc) is 3.43. The van der Waals surface area contributed by atoms with E-state index in [1.807, 2.05) is 30.3 Å². The van der Waals surface area contributed by atoms with Crippen molar-refractivity contribution in [2.75, 3.05) is 10.6 Å². The molecule has 0 aliphatic carbocycles. The fourth-order valence-corrected chi connectivity index (χ4v) is 3.78. The van der Waals surface area contributed by atoms with Crippen LogP contribution < -0.4 is 10.6 Å². The zero-order chi connectivity index (χ0) is 22.3. The zero-order valence-corrected chi connectivity index (χ0v) is 17.3. The summed E-state index contributed by atoms with van der Waals surface area (Å²) in [6.45, 7) is -1.83. The van der Waals surface area contributed by atoms with E-state index in [0.717, 1.165) is 15.2 Å². The average molecular weight is 462 g/mol. The Kier molecular flexibility index (Phi) is 4.16. The Morgan fingerprint density at radius 3 is 2.77 bits per heavy atom. The second kappa shape index (κ2) is 7.68. The lowest BCUT2D eigenvalue weighted by Crippen LogP contribution is -2.19. The summed E-state index contributed by atoms with van der Waals surface area (Å²) in [6, 6.07) is 17.7. The molecule has 0 aliphatic heterocycles. The number of hydrogen-bond donors (Lipinski definition) is 3. The lowest BCUT2D eigenvalue weighted by molar-refractivity contribution is 0.262. The van der Waals surface area contributed by atoms with Crippen LogP contribution in [0.2, 0.25) is 0 Å². The van der Waals surface area contributed by atoms with E-state index in [2.05, 4.69) is 36.5 Å². The van der Waals surface area contributed by atoms with Crippen molar-refractivity contribution >= 4 is 55.3 Å². The van der Waals surface area contributed by atoms with Crippen LogP contribution in [0.5, 0.6) is 0 Å². The van der Waals surface area contributed by atoms with E-state index in [-0.39, 0.29) is 6.03 Å². The Labute approximate surface area is 183 Å². The third-order valence-electron chi connectivity index (χ3n) is 4.80. The Bertz CT molecular complexity index is 1460. The van der Waals surface area contributed by atoms with Gasteiger partial charge in [-0.25, -0.2) is 9.78 Å². The molecule has 0 spiro atoms. The maximum absolute atomic E-state index is 12.6. The van der Waals surface area contributed by atoms with Crippen LogP contribution in [-0.2, 0) is 6.50 Å². The standard InChI is InChI=1S/C23H18BrN5O/c24-18-4-1-2-5-20(18)28-23(30)27-19-6-3-7-21-17(19)10-13-29(21)14-15-8-11-25-22-16(15)9-12-26-22/h1-13H,14H2,(H,25,26)(H2,27,28,30)/i14D2. The van der Waals surface area contributed by atoms with Gasteiger partial charge < -0.3 is 20.2 Å². The minimum Gasteiger partial charge on any atom is -0.346 e. The second-order valence-corrected chi connectivity index (χ2v) is 7.55. The quantitative estimate of drug-likeness (QED) is 0.308. The van der Waals surface area contributed by atoms with Crippen LogP contribution in [0.3, 0.4) is 0 Å². The van der Waals surface area contributed by atoms with Crippen molar-refractivity contribution in [2.45, 2.75) is 6.50 Å². The number of fused-ring (bicyclic) bond motifs is 2. The smallest absolute Gasteiger partial charge is 0.323 e. The van der Waals surface area contributed by atoms with Gasteiger partial charge in [-0.15, -0.1) is 0 Å². The predicted molar refractivity (Wildman–Crippen MR) is 124 cm³/mol. The highest BCUT2D eigenvalue weighted by atomic mass is 79.9. The van der Waals surface area contributed by atoms with Crippen molar-refractivity contribution in [2.24, 2.45) is 0 Å². The summed E-state index contributed by atoms with van der Waals surface area (Å²) >= 11 is 3.42. The topological polar surface area (TPSA) is 74.7 Å². The number of aromatic amines is 1. The first-order valence-electron chi connectivity index (χ1n) is 10.3. The van der Waals surface area contributed by atoms with Crippen LogP contribution in [0.4, 0.5) is 16.2 Å². The summed E-state index contributed by atoms with van der Waals surface area (Å²) in [7, 11) is 0. The minimum absolute atomic E-state index is 0.386. The van der Waals surface area contributed by atoms with Gasteiger partial charge in [0.25, 0.3) is 0 Å². The lowest BCUT2D eigenvalue weighted by Gasteiger charge is -2.11. The molecular weight excluding hydrogens is 442 g/mol. The highest BCUT2D eigenvalue weighted by Gasteiger charge is 2.11. The summed E-state index contributed by atoms with van der Waals surface area (Å²) in [5.74, 6) is 0. The van der Waals surface area contributed by atoms with Gasteiger partial charge in [-0.2, -0.15) is 0 Å². The third kappa shape index (κ3) is 3.44. The van der Waals surface area contributed by atoms with E-state index in [1.165, 1.54) is 0 Å². The van der Waals surface area contributed by atoms with Crippen molar-refractivity contribution < 1.29 is 7.54 Å². The maximum Gasteiger partial charge on any atom is 0.323 e. The Balaban J connectivity index is 1.50. The van der Waals surface area contributed by atoms with Crippen molar-refractivity contribution in [3.05, 3.63) is 89.3 Å². The van der Waals surface area contributed by atoms with Crippen LogP contribution in [0.25, 0.3) is 21.9 Å². The number of H-pyrrole nitrogens is 1. The van der Waals surface area contributed by atoms with E-state index in [0.29, 0.717) is 28.1 Å². The molecule has 30 heavy (non-hydrogen) atoms. The molecule has 0 saturated heterocycles. The molecule has 2 amide bonds. The first kappa shape index (κ1) is 16.2. The summed E-state index contributed by atoms with van der Waals surface area (Å²) in [6.07, 6.45) is 5.04. The number of anilines is 2. The van der Waals surface area contributed by atoms with Crippen LogP contribution in [0.1, 0.15) is 8.30 Å². The van der Waals surface area contributed by atoms with E-state index < -0.39 is 6.50 Å². The number of nitrogens with zero attached hydrogens (tertiary/aromatic N) is 2. The number of urea groups is 1. The number of amides is 2. The van der Waals surface area contributed by atoms with Crippen molar-refractivity contribution in [1.29, 1.82) is 0 Å². The molecule has 6 nitrogen and oxygen atoms in total. The number of carbonyl (C=O) groups is 1. The number of aromatic nitrogens is 3. The number of para-hydroxylation sites is 1. The molecule has 7 heteroatoms. The van der Waals surface area contributed by atoms with Crippen LogP contribution in [-0.4, -0.2) is 20.6 Å². The molecule has 5 aromatic rings. The zero-order valence-electron chi connectivity index (χ0n) is 17.7. The molecule has 0 bridgehead atoms. The molecule has 0 aliphatic rings. The van der Waals surface area contributed by atoms with Gasteiger partial charge in [-0.05, 0) is 64.0 Å². The molecule has 0 unspecified atom stereocenters. The maximum atomic E-state index is 12.6. The Morgan fingerprint density at radius 2 is 1.87 bits per heavy atom. The molecule has 2 aromatic carbocycles.